The Bertz CT molecular complexity index is 458. The second-order valence-corrected chi connectivity index (χ2v) is 5.37. The van der Waals surface area contributed by atoms with E-state index in [1.54, 1.807) is 0 Å². The Morgan fingerprint density at radius 1 is 1.40 bits per heavy atom. The number of benzene rings is 1. The van der Waals surface area contributed by atoms with Crippen molar-refractivity contribution >= 4 is 11.7 Å². The summed E-state index contributed by atoms with van der Waals surface area (Å²) in [5.41, 5.74) is 1.24. The molecule has 1 aromatic carbocycles. The second kappa shape index (κ2) is 7.14. The summed E-state index contributed by atoms with van der Waals surface area (Å²) in [6, 6.07) is 5.31. The van der Waals surface area contributed by atoms with E-state index in [2.05, 4.69) is 10.6 Å². The first kappa shape index (κ1) is 16.3. The fourth-order valence-electron chi connectivity index (χ4n) is 1.81. The topological polar surface area (TPSA) is 70.6 Å². The maximum Gasteiger partial charge on any atom is 0.319 e. The zero-order chi connectivity index (χ0) is 15.2. The van der Waals surface area contributed by atoms with E-state index >= 15 is 0 Å². The van der Waals surface area contributed by atoms with Gasteiger partial charge < -0.3 is 20.5 Å². The average Bonchev–Trinajstić information content (AvgIpc) is 2.32. The average molecular weight is 280 g/mol. The highest BCUT2D eigenvalue weighted by Gasteiger charge is 2.20. The molecule has 0 atom stereocenters. The minimum atomic E-state index is -0.463. The molecule has 112 valence electrons. The number of carbonyl (C=O) groups excluding carboxylic acids is 1. The summed E-state index contributed by atoms with van der Waals surface area (Å²) in [5.74, 6) is 0.655. The second-order valence-electron chi connectivity index (χ2n) is 5.37. The summed E-state index contributed by atoms with van der Waals surface area (Å²) < 4.78 is 5.51. The number of hydrogen-bond acceptors (Lipinski definition) is 3. The Morgan fingerprint density at radius 2 is 2.10 bits per heavy atom. The highest BCUT2D eigenvalue weighted by atomic mass is 16.5. The summed E-state index contributed by atoms with van der Waals surface area (Å²) in [7, 11) is 0. The third-order valence-corrected chi connectivity index (χ3v) is 2.87. The predicted molar refractivity (Wildman–Crippen MR) is 80.3 cm³/mol. The number of urea groups is 1. The molecular weight excluding hydrogens is 256 g/mol. The molecule has 1 rings (SSSR count). The van der Waals surface area contributed by atoms with Crippen molar-refractivity contribution in [3.8, 4) is 5.75 Å². The van der Waals surface area contributed by atoms with E-state index < -0.39 is 5.54 Å². The van der Waals surface area contributed by atoms with Crippen LogP contribution < -0.4 is 15.4 Å². The Hall–Kier alpha value is -1.75. The fourth-order valence-corrected chi connectivity index (χ4v) is 1.81. The van der Waals surface area contributed by atoms with Gasteiger partial charge in [-0.1, -0.05) is 6.07 Å². The molecular formula is C15H24N2O3. The number of rotatable bonds is 6. The van der Waals surface area contributed by atoms with Gasteiger partial charge >= 0.3 is 6.03 Å². The van der Waals surface area contributed by atoms with Crippen molar-refractivity contribution in [2.75, 3.05) is 18.5 Å². The van der Waals surface area contributed by atoms with Gasteiger partial charge in [0.25, 0.3) is 0 Å². The molecule has 1 aromatic rings. The first-order valence-electron chi connectivity index (χ1n) is 6.81. The number of aryl methyl sites for hydroxylation is 1. The lowest BCUT2D eigenvalue weighted by Gasteiger charge is -2.25. The van der Waals surface area contributed by atoms with Crippen molar-refractivity contribution in [1.29, 1.82) is 0 Å². The number of aliphatic hydroxyl groups is 1. The first-order chi connectivity index (χ1) is 9.38. The quantitative estimate of drug-likeness (QED) is 0.750. The van der Waals surface area contributed by atoms with Crippen LogP contribution in [0.25, 0.3) is 0 Å². The van der Waals surface area contributed by atoms with Gasteiger partial charge in [-0.05, 0) is 51.8 Å². The Balaban J connectivity index is 2.75. The number of carbonyl (C=O) groups is 1. The molecule has 0 bridgehead atoms. The molecule has 2 amide bonds. The smallest absolute Gasteiger partial charge is 0.319 e. The van der Waals surface area contributed by atoms with Gasteiger partial charge in [-0.15, -0.1) is 0 Å². The molecule has 0 saturated carbocycles. The van der Waals surface area contributed by atoms with Crippen LogP contribution >= 0.6 is 0 Å². The zero-order valence-corrected chi connectivity index (χ0v) is 12.6. The fraction of sp³-hybridized carbons (Fsp3) is 0.533. The predicted octanol–water partition coefficient (Wildman–Crippen LogP) is 2.68. The molecule has 20 heavy (non-hydrogen) atoms. The third-order valence-electron chi connectivity index (χ3n) is 2.87. The molecule has 0 heterocycles. The normalized spacial score (nSPS) is 11.1. The lowest BCUT2D eigenvalue weighted by atomic mass is 10.0. The molecule has 0 aliphatic carbocycles. The molecule has 0 saturated heterocycles. The van der Waals surface area contributed by atoms with Crippen molar-refractivity contribution in [3.05, 3.63) is 23.8 Å². The van der Waals surface area contributed by atoms with E-state index in [0.29, 0.717) is 24.5 Å². The first-order valence-corrected chi connectivity index (χ1v) is 6.81. The van der Waals surface area contributed by atoms with Crippen molar-refractivity contribution in [2.24, 2.45) is 0 Å². The lowest BCUT2D eigenvalue weighted by Crippen LogP contribution is -2.46. The SMILES string of the molecule is CCOc1cc(C)ccc1NC(=O)NC(C)(C)CCO. The molecule has 0 aliphatic rings. The summed E-state index contributed by atoms with van der Waals surface area (Å²) >= 11 is 0. The molecule has 5 heteroatoms. The number of amides is 2. The molecule has 3 N–H and O–H groups in total. The van der Waals surface area contributed by atoms with Crippen molar-refractivity contribution in [3.63, 3.8) is 0 Å². The van der Waals surface area contributed by atoms with Crippen molar-refractivity contribution in [2.45, 2.75) is 39.7 Å². The molecule has 0 spiro atoms. The largest absolute Gasteiger partial charge is 0.492 e. The van der Waals surface area contributed by atoms with Crippen LogP contribution in [0.3, 0.4) is 0 Å². The monoisotopic (exact) mass is 280 g/mol. The van der Waals surface area contributed by atoms with Gasteiger partial charge in [0.05, 0.1) is 12.3 Å². The summed E-state index contributed by atoms with van der Waals surface area (Å²) in [4.78, 5) is 12.0. The molecule has 0 aliphatic heterocycles. The zero-order valence-electron chi connectivity index (χ0n) is 12.6. The molecule has 0 radical (unpaired) electrons. The van der Waals surface area contributed by atoms with Gasteiger partial charge in [-0.25, -0.2) is 4.79 Å². The van der Waals surface area contributed by atoms with Crippen LogP contribution in [0, 0.1) is 6.92 Å². The van der Waals surface area contributed by atoms with Gasteiger partial charge in [0.2, 0.25) is 0 Å². The number of aliphatic hydroxyl groups excluding tert-OH is 1. The number of hydrogen-bond donors (Lipinski definition) is 3. The highest BCUT2D eigenvalue weighted by Crippen LogP contribution is 2.25. The Labute approximate surface area is 120 Å². The van der Waals surface area contributed by atoms with Crippen LogP contribution in [-0.4, -0.2) is 29.9 Å². The molecule has 5 nitrogen and oxygen atoms in total. The van der Waals surface area contributed by atoms with Crippen LogP contribution in [0.4, 0.5) is 10.5 Å². The maximum atomic E-state index is 12.0. The number of ether oxygens (including phenoxy) is 1. The van der Waals surface area contributed by atoms with Gasteiger partial charge in [0.15, 0.2) is 0 Å². The number of anilines is 1. The standard InChI is InChI=1S/C15H24N2O3/c1-5-20-13-10-11(2)6-7-12(13)16-14(19)17-15(3,4)8-9-18/h6-7,10,18H,5,8-9H2,1-4H3,(H2,16,17,19). The maximum absolute atomic E-state index is 12.0. The molecule has 0 aromatic heterocycles. The summed E-state index contributed by atoms with van der Waals surface area (Å²) in [5, 5.41) is 14.6. The van der Waals surface area contributed by atoms with Crippen LogP contribution in [0.1, 0.15) is 32.8 Å². The van der Waals surface area contributed by atoms with Crippen LogP contribution in [-0.2, 0) is 0 Å². The van der Waals surface area contributed by atoms with Crippen molar-refractivity contribution < 1.29 is 14.6 Å². The van der Waals surface area contributed by atoms with E-state index in [4.69, 9.17) is 9.84 Å². The van der Waals surface area contributed by atoms with Crippen molar-refractivity contribution in [1.82, 2.24) is 5.32 Å². The highest BCUT2D eigenvalue weighted by molar-refractivity contribution is 5.91. The minimum absolute atomic E-state index is 0.0298. The van der Waals surface area contributed by atoms with E-state index in [1.807, 2.05) is 45.9 Å². The van der Waals surface area contributed by atoms with Crippen LogP contribution in [0.2, 0.25) is 0 Å². The Kier molecular flexibility index (Phi) is 5.82. The summed E-state index contributed by atoms with van der Waals surface area (Å²) in [6.07, 6.45) is 0.493. The van der Waals surface area contributed by atoms with E-state index in [0.717, 1.165) is 5.56 Å². The van der Waals surface area contributed by atoms with Gasteiger partial charge in [0, 0.05) is 12.1 Å². The van der Waals surface area contributed by atoms with Crippen LogP contribution in [0.5, 0.6) is 5.75 Å². The van der Waals surface area contributed by atoms with Gasteiger partial charge in [-0.3, -0.25) is 0 Å². The van der Waals surface area contributed by atoms with Gasteiger partial charge in [-0.2, -0.15) is 0 Å². The van der Waals surface area contributed by atoms with E-state index in [-0.39, 0.29) is 12.6 Å². The lowest BCUT2D eigenvalue weighted by molar-refractivity contribution is 0.218. The third kappa shape index (κ3) is 5.09. The molecule has 0 unspecified atom stereocenters. The van der Waals surface area contributed by atoms with E-state index in [9.17, 15) is 4.79 Å². The minimum Gasteiger partial charge on any atom is -0.492 e. The van der Waals surface area contributed by atoms with E-state index in [1.165, 1.54) is 0 Å². The number of nitrogens with one attached hydrogen (secondary N) is 2. The molecule has 0 fully saturated rings. The van der Waals surface area contributed by atoms with Crippen LogP contribution in [0.15, 0.2) is 18.2 Å². The van der Waals surface area contributed by atoms with Gasteiger partial charge in [0.1, 0.15) is 5.75 Å². The Morgan fingerprint density at radius 3 is 2.70 bits per heavy atom. The summed E-state index contributed by atoms with van der Waals surface area (Å²) in [6.45, 7) is 8.16.